The first-order chi connectivity index (χ1) is 9.67. The molecular formula is C14H12N2O4. The zero-order valence-electron chi connectivity index (χ0n) is 11.0. The molecule has 0 spiro atoms. The Kier molecular flexibility index (Phi) is 2.90. The van der Waals surface area contributed by atoms with Crippen molar-refractivity contribution in [2.45, 2.75) is 6.92 Å². The van der Waals surface area contributed by atoms with Crippen molar-refractivity contribution in [1.82, 2.24) is 5.16 Å². The molecular weight excluding hydrogens is 260 g/mol. The number of amides is 1. The summed E-state index contributed by atoms with van der Waals surface area (Å²) in [6.07, 6.45) is 1.55. The third kappa shape index (κ3) is 2.11. The van der Waals surface area contributed by atoms with Gasteiger partial charge in [-0.15, -0.1) is 0 Å². The molecule has 0 saturated heterocycles. The van der Waals surface area contributed by atoms with Gasteiger partial charge in [-0.05, 0) is 25.1 Å². The molecule has 0 aliphatic heterocycles. The Hall–Kier alpha value is -2.76. The second-order valence-corrected chi connectivity index (χ2v) is 4.29. The third-order valence-corrected chi connectivity index (χ3v) is 2.89. The van der Waals surface area contributed by atoms with E-state index in [0.717, 1.165) is 5.39 Å². The first-order valence-corrected chi connectivity index (χ1v) is 5.97. The number of carbonyl (C=O) groups is 1. The van der Waals surface area contributed by atoms with Crippen molar-refractivity contribution in [3.63, 3.8) is 0 Å². The number of ether oxygens (including phenoxy) is 1. The van der Waals surface area contributed by atoms with Crippen LogP contribution >= 0.6 is 0 Å². The normalized spacial score (nSPS) is 10.7. The van der Waals surface area contributed by atoms with Gasteiger partial charge in [0, 0.05) is 11.6 Å². The molecule has 2 aromatic heterocycles. The number of aryl methyl sites for hydroxylation is 1. The molecule has 0 unspecified atom stereocenters. The summed E-state index contributed by atoms with van der Waals surface area (Å²) in [5.41, 5.74) is 1.01. The SMILES string of the molecule is COc1cc(C(=O)Nc2cc(C)on2)cc2occc12. The van der Waals surface area contributed by atoms with E-state index in [9.17, 15) is 4.79 Å². The van der Waals surface area contributed by atoms with E-state index in [-0.39, 0.29) is 5.91 Å². The Labute approximate surface area is 114 Å². The molecule has 1 amide bonds. The zero-order chi connectivity index (χ0) is 14.1. The summed E-state index contributed by atoms with van der Waals surface area (Å²) in [7, 11) is 1.55. The summed E-state index contributed by atoms with van der Waals surface area (Å²) in [6, 6.07) is 6.73. The highest BCUT2D eigenvalue weighted by Crippen LogP contribution is 2.28. The molecule has 1 N–H and O–H groups in total. The van der Waals surface area contributed by atoms with E-state index in [1.54, 1.807) is 44.6 Å². The molecule has 6 nitrogen and oxygen atoms in total. The quantitative estimate of drug-likeness (QED) is 0.793. The monoisotopic (exact) mass is 272 g/mol. The van der Waals surface area contributed by atoms with Crippen LogP contribution in [0.4, 0.5) is 5.82 Å². The van der Waals surface area contributed by atoms with Crippen LogP contribution in [0.5, 0.6) is 5.75 Å². The van der Waals surface area contributed by atoms with E-state index in [4.69, 9.17) is 13.7 Å². The van der Waals surface area contributed by atoms with Gasteiger partial charge in [-0.3, -0.25) is 4.79 Å². The second kappa shape index (κ2) is 4.73. The summed E-state index contributed by atoms with van der Waals surface area (Å²) in [6.45, 7) is 1.75. The van der Waals surface area contributed by atoms with Gasteiger partial charge >= 0.3 is 0 Å². The van der Waals surface area contributed by atoms with Gasteiger partial charge in [0.15, 0.2) is 5.82 Å². The Morgan fingerprint density at radius 2 is 2.20 bits per heavy atom. The Balaban J connectivity index is 1.94. The predicted octanol–water partition coefficient (Wildman–Crippen LogP) is 2.99. The van der Waals surface area contributed by atoms with Crippen LogP contribution in [0.3, 0.4) is 0 Å². The van der Waals surface area contributed by atoms with Crippen molar-refractivity contribution < 1.29 is 18.5 Å². The molecule has 0 bridgehead atoms. The summed E-state index contributed by atoms with van der Waals surface area (Å²) < 4.78 is 15.5. The molecule has 0 aliphatic carbocycles. The molecule has 0 fully saturated rings. The van der Waals surface area contributed by atoms with Crippen LogP contribution in [0.1, 0.15) is 16.1 Å². The molecule has 0 radical (unpaired) electrons. The van der Waals surface area contributed by atoms with Crippen molar-refractivity contribution in [3.8, 4) is 5.75 Å². The number of furan rings is 1. The molecule has 6 heteroatoms. The molecule has 3 aromatic rings. The number of nitrogens with zero attached hydrogens (tertiary/aromatic N) is 1. The fourth-order valence-electron chi connectivity index (χ4n) is 1.95. The number of benzene rings is 1. The van der Waals surface area contributed by atoms with Crippen LogP contribution < -0.4 is 10.1 Å². The third-order valence-electron chi connectivity index (χ3n) is 2.89. The standard InChI is InChI=1S/C14H12N2O4/c1-8-5-13(16-20-8)15-14(17)9-6-11(18-2)10-3-4-19-12(10)7-9/h3-7H,1-2H3,(H,15,16,17). The van der Waals surface area contributed by atoms with Gasteiger partial charge in [-0.1, -0.05) is 5.16 Å². The molecule has 1 aromatic carbocycles. The highest BCUT2D eigenvalue weighted by atomic mass is 16.5. The molecule has 0 atom stereocenters. The van der Waals surface area contributed by atoms with E-state index in [0.29, 0.717) is 28.5 Å². The Morgan fingerprint density at radius 3 is 2.90 bits per heavy atom. The van der Waals surface area contributed by atoms with Gasteiger partial charge in [0.1, 0.15) is 17.1 Å². The lowest BCUT2D eigenvalue weighted by atomic mass is 10.1. The topological polar surface area (TPSA) is 77.5 Å². The summed E-state index contributed by atoms with van der Waals surface area (Å²) in [5.74, 6) is 1.26. The van der Waals surface area contributed by atoms with Crippen molar-refractivity contribution in [2.24, 2.45) is 0 Å². The van der Waals surface area contributed by atoms with E-state index in [1.165, 1.54) is 0 Å². The van der Waals surface area contributed by atoms with E-state index < -0.39 is 0 Å². The van der Waals surface area contributed by atoms with Crippen LogP contribution in [0, 0.1) is 6.92 Å². The number of hydrogen-bond donors (Lipinski definition) is 1. The largest absolute Gasteiger partial charge is 0.496 e. The number of fused-ring (bicyclic) bond motifs is 1. The smallest absolute Gasteiger partial charge is 0.257 e. The number of hydrogen-bond acceptors (Lipinski definition) is 5. The Morgan fingerprint density at radius 1 is 1.35 bits per heavy atom. The number of nitrogens with one attached hydrogen (secondary N) is 1. The van der Waals surface area contributed by atoms with Gasteiger partial charge in [0.25, 0.3) is 5.91 Å². The highest BCUT2D eigenvalue weighted by molar-refractivity contribution is 6.06. The second-order valence-electron chi connectivity index (χ2n) is 4.29. The molecule has 2 heterocycles. The van der Waals surface area contributed by atoms with Gasteiger partial charge < -0.3 is 19.0 Å². The predicted molar refractivity (Wildman–Crippen MR) is 72.0 cm³/mol. The van der Waals surface area contributed by atoms with E-state index in [1.807, 2.05) is 0 Å². The number of carbonyl (C=O) groups excluding carboxylic acids is 1. The van der Waals surface area contributed by atoms with Crippen molar-refractivity contribution in [3.05, 3.63) is 41.9 Å². The molecule has 20 heavy (non-hydrogen) atoms. The number of aromatic nitrogens is 1. The molecule has 0 aliphatic rings. The van der Waals surface area contributed by atoms with Crippen LogP contribution in [-0.2, 0) is 0 Å². The fraction of sp³-hybridized carbons (Fsp3) is 0.143. The lowest BCUT2D eigenvalue weighted by Crippen LogP contribution is -2.12. The number of rotatable bonds is 3. The lowest BCUT2D eigenvalue weighted by Gasteiger charge is -2.05. The van der Waals surface area contributed by atoms with Gasteiger partial charge in [0.05, 0.1) is 18.8 Å². The van der Waals surface area contributed by atoms with Gasteiger partial charge in [-0.25, -0.2) is 0 Å². The zero-order valence-corrected chi connectivity index (χ0v) is 11.0. The van der Waals surface area contributed by atoms with Crippen molar-refractivity contribution >= 4 is 22.7 Å². The number of methoxy groups -OCH3 is 1. The molecule has 0 saturated carbocycles. The lowest BCUT2D eigenvalue weighted by molar-refractivity contribution is 0.102. The minimum Gasteiger partial charge on any atom is -0.496 e. The van der Waals surface area contributed by atoms with E-state index in [2.05, 4.69) is 10.5 Å². The first-order valence-electron chi connectivity index (χ1n) is 5.97. The maximum absolute atomic E-state index is 12.2. The highest BCUT2D eigenvalue weighted by Gasteiger charge is 2.14. The van der Waals surface area contributed by atoms with E-state index >= 15 is 0 Å². The van der Waals surface area contributed by atoms with Crippen LogP contribution in [-0.4, -0.2) is 18.2 Å². The van der Waals surface area contributed by atoms with Crippen molar-refractivity contribution in [1.29, 1.82) is 0 Å². The fourth-order valence-corrected chi connectivity index (χ4v) is 1.95. The van der Waals surface area contributed by atoms with Crippen LogP contribution in [0.15, 0.2) is 39.5 Å². The summed E-state index contributed by atoms with van der Waals surface area (Å²) >= 11 is 0. The molecule has 3 rings (SSSR count). The maximum atomic E-state index is 12.2. The van der Waals surface area contributed by atoms with Crippen LogP contribution in [0.2, 0.25) is 0 Å². The van der Waals surface area contributed by atoms with Gasteiger partial charge in [0.2, 0.25) is 0 Å². The Bertz CT molecular complexity index is 772. The summed E-state index contributed by atoms with van der Waals surface area (Å²) in [5, 5.41) is 7.18. The van der Waals surface area contributed by atoms with Crippen molar-refractivity contribution in [2.75, 3.05) is 12.4 Å². The minimum atomic E-state index is -0.310. The first kappa shape index (κ1) is 12.3. The maximum Gasteiger partial charge on any atom is 0.257 e. The minimum absolute atomic E-state index is 0.310. The van der Waals surface area contributed by atoms with Gasteiger partial charge in [-0.2, -0.15) is 0 Å². The summed E-state index contributed by atoms with van der Waals surface area (Å²) in [4.78, 5) is 12.2. The average molecular weight is 272 g/mol. The molecule has 102 valence electrons. The average Bonchev–Trinajstić information content (AvgIpc) is 3.06. The van der Waals surface area contributed by atoms with Crippen LogP contribution in [0.25, 0.3) is 11.0 Å². The number of anilines is 1.